The van der Waals surface area contributed by atoms with E-state index in [9.17, 15) is 18.0 Å². The van der Waals surface area contributed by atoms with Gasteiger partial charge in [0.1, 0.15) is 0 Å². The zero-order valence-electron chi connectivity index (χ0n) is 12.2. The van der Waals surface area contributed by atoms with Crippen LogP contribution < -0.4 is 0 Å². The Labute approximate surface area is 132 Å². The lowest BCUT2D eigenvalue weighted by Crippen LogP contribution is -2.48. The molecule has 2 aliphatic carbocycles. The molecular weight excluding hydrogens is 347 g/mol. The highest BCUT2D eigenvalue weighted by atomic mass is 79.9. The van der Waals surface area contributed by atoms with Crippen LogP contribution in [0, 0.1) is 11.8 Å². The summed E-state index contributed by atoms with van der Waals surface area (Å²) in [5.74, 6) is -1.75. The summed E-state index contributed by atoms with van der Waals surface area (Å²) in [6.07, 6.45) is 1.12. The molecule has 0 aromatic rings. The average Bonchev–Trinajstić information content (AvgIpc) is 2.39. The molecule has 2 rings (SSSR count). The van der Waals surface area contributed by atoms with Gasteiger partial charge in [0.15, 0.2) is 0 Å². The monoisotopic (exact) mass is 369 g/mol. The maximum atomic E-state index is 12.9. The lowest BCUT2D eigenvalue weighted by atomic mass is 9.79. The molecule has 2 fully saturated rings. The van der Waals surface area contributed by atoms with Gasteiger partial charge in [-0.05, 0) is 44.9 Å². The van der Waals surface area contributed by atoms with Crippen LogP contribution in [0.2, 0.25) is 0 Å². The van der Waals surface area contributed by atoms with E-state index in [1.807, 2.05) is 4.90 Å². The highest BCUT2D eigenvalue weighted by Gasteiger charge is 2.44. The van der Waals surface area contributed by atoms with E-state index in [0.717, 1.165) is 31.0 Å². The highest BCUT2D eigenvalue weighted by Crippen LogP contribution is 2.41. The normalized spacial score (nSPS) is 27.2. The van der Waals surface area contributed by atoms with Gasteiger partial charge in [0.05, 0.1) is 5.92 Å². The third-order valence-electron chi connectivity index (χ3n) is 4.82. The molecular formula is C15H23BrF3NO. The van der Waals surface area contributed by atoms with Crippen molar-refractivity contribution in [1.29, 1.82) is 0 Å². The molecule has 2 saturated carbocycles. The van der Waals surface area contributed by atoms with Crippen LogP contribution in [-0.4, -0.2) is 34.9 Å². The van der Waals surface area contributed by atoms with Crippen molar-refractivity contribution in [2.45, 2.75) is 63.6 Å². The number of amides is 1. The highest BCUT2D eigenvalue weighted by molar-refractivity contribution is 9.09. The SMILES string of the molecule is O=C(C1CCCC(C(F)(F)F)C1)N(CCCBr)C1CCC1. The molecule has 0 aromatic heterocycles. The molecule has 0 aliphatic heterocycles. The van der Waals surface area contributed by atoms with Crippen molar-refractivity contribution in [2.75, 3.05) is 11.9 Å². The molecule has 2 atom stereocenters. The molecule has 0 bridgehead atoms. The third kappa shape index (κ3) is 4.36. The summed E-state index contributed by atoms with van der Waals surface area (Å²) < 4.78 is 38.7. The second kappa shape index (κ2) is 7.34. The topological polar surface area (TPSA) is 20.3 Å². The minimum absolute atomic E-state index is 0.0140. The van der Waals surface area contributed by atoms with Gasteiger partial charge in [-0.15, -0.1) is 0 Å². The number of nitrogens with zero attached hydrogens (tertiary/aromatic N) is 1. The van der Waals surface area contributed by atoms with Crippen molar-refractivity contribution in [1.82, 2.24) is 4.90 Å². The van der Waals surface area contributed by atoms with Gasteiger partial charge in [0, 0.05) is 23.8 Å². The molecule has 6 heteroatoms. The van der Waals surface area contributed by atoms with E-state index in [4.69, 9.17) is 0 Å². The maximum Gasteiger partial charge on any atom is 0.391 e. The van der Waals surface area contributed by atoms with Gasteiger partial charge >= 0.3 is 6.18 Å². The Morgan fingerprint density at radius 1 is 1.14 bits per heavy atom. The van der Waals surface area contributed by atoms with Gasteiger partial charge in [-0.3, -0.25) is 4.79 Å². The van der Waals surface area contributed by atoms with E-state index in [-0.39, 0.29) is 24.8 Å². The molecule has 0 spiro atoms. The lowest BCUT2D eigenvalue weighted by Gasteiger charge is -2.41. The third-order valence-corrected chi connectivity index (χ3v) is 5.38. The minimum Gasteiger partial charge on any atom is -0.339 e. The van der Waals surface area contributed by atoms with Crippen LogP contribution in [-0.2, 0) is 4.79 Å². The van der Waals surface area contributed by atoms with Gasteiger partial charge in [-0.25, -0.2) is 0 Å². The summed E-state index contributed by atoms with van der Waals surface area (Å²) in [7, 11) is 0. The van der Waals surface area contributed by atoms with Gasteiger partial charge in [0.25, 0.3) is 0 Å². The van der Waals surface area contributed by atoms with E-state index in [0.29, 0.717) is 19.4 Å². The fourth-order valence-corrected chi connectivity index (χ4v) is 3.60. The molecule has 21 heavy (non-hydrogen) atoms. The molecule has 2 aliphatic rings. The molecule has 0 radical (unpaired) electrons. The fourth-order valence-electron chi connectivity index (χ4n) is 3.35. The van der Waals surface area contributed by atoms with Crippen LogP contribution in [0.5, 0.6) is 0 Å². The first-order valence-corrected chi connectivity index (χ1v) is 8.98. The van der Waals surface area contributed by atoms with Gasteiger partial charge < -0.3 is 4.90 Å². The predicted molar refractivity (Wildman–Crippen MR) is 79.3 cm³/mol. The van der Waals surface area contributed by atoms with E-state index in [1.54, 1.807) is 0 Å². The Balaban J connectivity index is 1.98. The second-order valence-electron chi connectivity index (χ2n) is 6.26. The first-order chi connectivity index (χ1) is 9.93. The first kappa shape index (κ1) is 17.1. The molecule has 1 amide bonds. The summed E-state index contributed by atoms with van der Waals surface area (Å²) in [5, 5.41) is 0.819. The predicted octanol–water partition coefficient (Wildman–Crippen LogP) is 4.52. The quantitative estimate of drug-likeness (QED) is 0.652. The van der Waals surface area contributed by atoms with Crippen LogP contribution in [0.3, 0.4) is 0 Å². The summed E-state index contributed by atoms with van der Waals surface area (Å²) >= 11 is 3.36. The van der Waals surface area contributed by atoms with Crippen LogP contribution in [0.25, 0.3) is 0 Å². The van der Waals surface area contributed by atoms with E-state index >= 15 is 0 Å². The number of hydrogen-bond acceptors (Lipinski definition) is 1. The average molecular weight is 370 g/mol. The molecule has 0 heterocycles. The van der Waals surface area contributed by atoms with Crippen molar-refractivity contribution in [2.24, 2.45) is 11.8 Å². The van der Waals surface area contributed by atoms with Gasteiger partial charge in [-0.1, -0.05) is 22.4 Å². The number of carbonyl (C=O) groups is 1. The van der Waals surface area contributed by atoms with Crippen LogP contribution in [0.4, 0.5) is 13.2 Å². The zero-order chi connectivity index (χ0) is 15.5. The second-order valence-corrected chi connectivity index (χ2v) is 7.05. The number of hydrogen-bond donors (Lipinski definition) is 0. The molecule has 0 saturated heterocycles. The van der Waals surface area contributed by atoms with E-state index in [2.05, 4.69) is 15.9 Å². The molecule has 122 valence electrons. The number of rotatable bonds is 5. The molecule has 0 N–H and O–H groups in total. The van der Waals surface area contributed by atoms with Crippen molar-refractivity contribution >= 4 is 21.8 Å². The first-order valence-electron chi connectivity index (χ1n) is 7.86. The smallest absolute Gasteiger partial charge is 0.339 e. The number of carbonyl (C=O) groups excluding carboxylic acids is 1. The molecule has 2 nitrogen and oxygen atoms in total. The Morgan fingerprint density at radius 3 is 2.33 bits per heavy atom. The largest absolute Gasteiger partial charge is 0.391 e. The Morgan fingerprint density at radius 2 is 1.81 bits per heavy atom. The summed E-state index contributed by atoms with van der Waals surface area (Å²) in [6, 6.07) is 0.266. The van der Waals surface area contributed by atoms with Crippen LogP contribution in [0.15, 0.2) is 0 Å². The zero-order valence-corrected chi connectivity index (χ0v) is 13.8. The maximum absolute atomic E-state index is 12.9. The van der Waals surface area contributed by atoms with Crippen molar-refractivity contribution < 1.29 is 18.0 Å². The Bertz CT molecular complexity index is 357. The van der Waals surface area contributed by atoms with Crippen LogP contribution in [0.1, 0.15) is 51.4 Å². The Hall–Kier alpha value is -0.260. The summed E-state index contributed by atoms with van der Waals surface area (Å²) in [4.78, 5) is 14.5. The molecule has 2 unspecified atom stereocenters. The summed E-state index contributed by atoms with van der Waals surface area (Å²) in [6.45, 7) is 0.669. The van der Waals surface area contributed by atoms with E-state index in [1.165, 1.54) is 0 Å². The number of halogens is 4. The Kier molecular flexibility index (Phi) is 5.97. The fraction of sp³-hybridized carbons (Fsp3) is 0.933. The standard InChI is InChI=1S/C15H23BrF3NO/c16-8-3-9-20(13-6-2-7-13)14(21)11-4-1-5-12(10-11)15(17,18)19/h11-13H,1-10H2. The van der Waals surface area contributed by atoms with Crippen molar-refractivity contribution in [3.8, 4) is 0 Å². The van der Waals surface area contributed by atoms with Crippen molar-refractivity contribution in [3.05, 3.63) is 0 Å². The minimum atomic E-state index is -4.16. The van der Waals surface area contributed by atoms with Crippen molar-refractivity contribution in [3.63, 3.8) is 0 Å². The van der Waals surface area contributed by atoms with Gasteiger partial charge in [-0.2, -0.15) is 13.2 Å². The number of alkyl halides is 4. The van der Waals surface area contributed by atoms with E-state index < -0.39 is 18.0 Å². The van der Waals surface area contributed by atoms with Crippen LogP contribution >= 0.6 is 15.9 Å². The summed E-state index contributed by atoms with van der Waals surface area (Å²) in [5.41, 5.74) is 0. The molecule has 0 aromatic carbocycles. The lowest BCUT2D eigenvalue weighted by molar-refractivity contribution is -0.187. The van der Waals surface area contributed by atoms with Gasteiger partial charge in [0.2, 0.25) is 5.91 Å².